The van der Waals surface area contributed by atoms with Gasteiger partial charge in [-0.25, -0.2) is 0 Å². The van der Waals surface area contributed by atoms with Gasteiger partial charge in [0.15, 0.2) is 0 Å². The molecular weight excluding hydrogens is 348 g/mol. The second-order valence-corrected chi connectivity index (χ2v) is 7.77. The first-order chi connectivity index (χ1) is 12.2. The van der Waals surface area contributed by atoms with Crippen LogP contribution in [0.5, 0.6) is 0 Å². The van der Waals surface area contributed by atoms with Gasteiger partial charge in [-0.15, -0.1) is 0 Å². The first-order valence-electron chi connectivity index (χ1n) is 8.54. The number of amides is 2. The molecule has 0 aliphatic carbocycles. The number of hydrogen-bond acceptors (Lipinski definition) is 2. The summed E-state index contributed by atoms with van der Waals surface area (Å²) >= 11 is 5.99. The molecule has 2 aromatic carbocycles. The number of carbonyl (C=O) groups is 2. The molecule has 0 saturated heterocycles. The molecule has 5 heteroatoms. The summed E-state index contributed by atoms with van der Waals surface area (Å²) in [4.78, 5) is 26.0. The minimum atomic E-state index is -0.355. The van der Waals surface area contributed by atoms with Gasteiger partial charge in [-0.3, -0.25) is 9.59 Å². The smallest absolute Gasteiger partial charge is 0.253 e. The molecule has 0 heterocycles. The average molecular weight is 373 g/mol. The van der Waals surface area contributed by atoms with Gasteiger partial charge < -0.3 is 10.2 Å². The summed E-state index contributed by atoms with van der Waals surface area (Å²) in [6, 6.07) is 15.0. The van der Waals surface area contributed by atoms with Gasteiger partial charge in [-0.1, -0.05) is 68.8 Å². The Kier molecular flexibility index (Phi) is 6.43. The van der Waals surface area contributed by atoms with Crippen molar-refractivity contribution < 1.29 is 9.59 Å². The molecule has 1 N–H and O–H groups in total. The molecule has 0 radical (unpaired) electrons. The SMILES string of the molecule is CN(Cc1ccc(C(C)(C)C)cc1)C(=O)CNC(=O)c1ccccc1Cl. The summed E-state index contributed by atoms with van der Waals surface area (Å²) in [6.45, 7) is 6.92. The number of halogens is 1. The normalized spacial score (nSPS) is 11.1. The largest absolute Gasteiger partial charge is 0.343 e. The molecule has 0 fully saturated rings. The summed E-state index contributed by atoms with van der Waals surface area (Å²) in [5.74, 6) is -0.516. The zero-order valence-corrected chi connectivity index (χ0v) is 16.4. The van der Waals surface area contributed by atoms with E-state index in [-0.39, 0.29) is 23.8 Å². The lowest BCUT2D eigenvalue weighted by Crippen LogP contribution is -2.37. The van der Waals surface area contributed by atoms with Gasteiger partial charge in [0, 0.05) is 13.6 Å². The summed E-state index contributed by atoms with van der Waals surface area (Å²) in [5.41, 5.74) is 2.76. The maximum Gasteiger partial charge on any atom is 0.253 e. The predicted octanol–water partition coefficient (Wildman–Crippen LogP) is 4.03. The zero-order valence-electron chi connectivity index (χ0n) is 15.7. The highest BCUT2D eigenvalue weighted by Gasteiger charge is 2.15. The van der Waals surface area contributed by atoms with E-state index < -0.39 is 0 Å². The molecule has 2 amide bonds. The van der Waals surface area contributed by atoms with E-state index in [0.29, 0.717) is 17.1 Å². The molecule has 0 aliphatic heterocycles. The number of hydrogen-bond donors (Lipinski definition) is 1. The van der Waals surface area contributed by atoms with Crippen LogP contribution >= 0.6 is 11.6 Å². The van der Waals surface area contributed by atoms with Crippen molar-refractivity contribution in [1.82, 2.24) is 10.2 Å². The van der Waals surface area contributed by atoms with Gasteiger partial charge in [0.25, 0.3) is 5.91 Å². The highest BCUT2D eigenvalue weighted by molar-refractivity contribution is 6.33. The molecule has 26 heavy (non-hydrogen) atoms. The Morgan fingerprint density at radius 2 is 1.65 bits per heavy atom. The lowest BCUT2D eigenvalue weighted by molar-refractivity contribution is -0.129. The van der Waals surface area contributed by atoms with Crippen LogP contribution in [0.25, 0.3) is 0 Å². The van der Waals surface area contributed by atoms with Crippen molar-refractivity contribution in [2.24, 2.45) is 0 Å². The van der Waals surface area contributed by atoms with Crippen LogP contribution in [0.4, 0.5) is 0 Å². The first kappa shape index (κ1) is 20.0. The first-order valence-corrected chi connectivity index (χ1v) is 8.92. The van der Waals surface area contributed by atoms with Crippen LogP contribution in [-0.2, 0) is 16.8 Å². The summed E-state index contributed by atoms with van der Waals surface area (Å²) in [6.07, 6.45) is 0. The average Bonchev–Trinajstić information content (AvgIpc) is 2.59. The molecule has 4 nitrogen and oxygen atoms in total. The summed E-state index contributed by atoms with van der Waals surface area (Å²) < 4.78 is 0. The van der Waals surface area contributed by atoms with Crippen LogP contribution in [0.15, 0.2) is 48.5 Å². The van der Waals surface area contributed by atoms with Crippen LogP contribution in [0.1, 0.15) is 42.3 Å². The third kappa shape index (κ3) is 5.33. The molecule has 138 valence electrons. The highest BCUT2D eigenvalue weighted by atomic mass is 35.5. The van der Waals surface area contributed by atoms with E-state index in [1.807, 2.05) is 12.1 Å². The topological polar surface area (TPSA) is 49.4 Å². The van der Waals surface area contributed by atoms with E-state index in [1.165, 1.54) is 5.56 Å². The lowest BCUT2D eigenvalue weighted by Gasteiger charge is -2.21. The van der Waals surface area contributed by atoms with Gasteiger partial charge in [-0.2, -0.15) is 0 Å². The van der Waals surface area contributed by atoms with Crippen molar-refractivity contribution in [2.45, 2.75) is 32.7 Å². The highest BCUT2D eigenvalue weighted by Crippen LogP contribution is 2.22. The maximum atomic E-state index is 12.3. The van der Waals surface area contributed by atoms with E-state index in [9.17, 15) is 9.59 Å². The minimum absolute atomic E-state index is 0.0688. The molecule has 0 spiro atoms. The number of benzene rings is 2. The second-order valence-electron chi connectivity index (χ2n) is 7.36. The number of nitrogens with zero attached hydrogens (tertiary/aromatic N) is 1. The van der Waals surface area contributed by atoms with Gasteiger partial charge in [-0.05, 0) is 28.7 Å². The quantitative estimate of drug-likeness (QED) is 0.861. The number of likely N-dealkylation sites (N-methyl/N-ethyl adjacent to an activating group) is 1. The maximum absolute atomic E-state index is 12.3. The van der Waals surface area contributed by atoms with Gasteiger partial charge >= 0.3 is 0 Å². The van der Waals surface area contributed by atoms with Crippen molar-refractivity contribution in [1.29, 1.82) is 0 Å². The van der Waals surface area contributed by atoms with Crippen molar-refractivity contribution in [2.75, 3.05) is 13.6 Å². The molecule has 0 aromatic heterocycles. The minimum Gasteiger partial charge on any atom is -0.343 e. The van der Waals surface area contributed by atoms with Crippen molar-refractivity contribution in [3.8, 4) is 0 Å². The van der Waals surface area contributed by atoms with Gasteiger partial charge in [0.1, 0.15) is 0 Å². The standard InChI is InChI=1S/C21H25ClN2O2/c1-21(2,3)16-11-9-15(10-12-16)14-24(4)19(25)13-23-20(26)17-7-5-6-8-18(17)22/h5-12H,13-14H2,1-4H3,(H,23,26). The van der Waals surface area contributed by atoms with Crippen molar-refractivity contribution in [3.05, 3.63) is 70.2 Å². The van der Waals surface area contributed by atoms with Crippen molar-refractivity contribution in [3.63, 3.8) is 0 Å². The molecule has 0 saturated carbocycles. The number of rotatable bonds is 5. The predicted molar refractivity (Wildman–Crippen MR) is 105 cm³/mol. The van der Waals surface area contributed by atoms with Crippen LogP contribution in [0.3, 0.4) is 0 Å². The Hall–Kier alpha value is -2.33. The molecule has 2 aromatic rings. The number of nitrogens with one attached hydrogen (secondary N) is 1. The van der Waals surface area contributed by atoms with Crippen LogP contribution in [-0.4, -0.2) is 30.3 Å². The van der Waals surface area contributed by atoms with E-state index in [2.05, 4.69) is 38.2 Å². The lowest BCUT2D eigenvalue weighted by atomic mass is 9.87. The van der Waals surface area contributed by atoms with E-state index in [4.69, 9.17) is 11.6 Å². The molecular formula is C21H25ClN2O2. The third-order valence-corrected chi connectivity index (χ3v) is 4.51. The fourth-order valence-electron chi connectivity index (χ4n) is 2.50. The summed E-state index contributed by atoms with van der Waals surface area (Å²) in [5, 5.41) is 2.99. The van der Waals surface area contributed by atoms with Gasteiger partial charge in [0.05, 0.1) is 17.1 Å². The van der Waals surface area contributed by atoms with Gasteiger partial charge in [0.2, 0.25) is 5.91 Å². The van der Waals surface area contributed by atoms with Crippen LogP contribution in [0.2, 0.25) is 5.02 Å². The molecule has 2 rings (SSSR count). The van der Waals surface area contributed by atoms with Crippen LogP contribution < -0.4 is 5.32 Å². The molecule has 0 atom stereocenters. The Morgan fingerprint density at radius 3 is 2.23 bits per heavy atom. The molecule has 0 unspecified atom stereocenters. The molecule has 0 aliphatic rings. The van der Waals surface area contributed by atoms with Crippen molar-refractivity contribution >= 4 is 23.4 Å². The Balaban J connectivity index is 1.89. The second kappa shape index (κ2) is 8.37. The monoisotopic (exact) mass is 372 g/mol. The number of carbonyl (C=O) groups excluding carboxylic acids is 2. The Labute approximate surface area is 160 Å². The molecule has 0 bridgehead atoms. The zero-order chi connectivity index (χ0) is 19.3. The summed E-state index contributed by atoms with van der Waals surface area (Å²) in [7, 11) is 1.72. The Morgan fingerprint density at radius 1 is 1.04 bits per heavy atom. The van der Waals surface area contributed by atoms with E-state index in [1.54, 1.807) is 36.2 Å². The fourth-order valence-corrected chi connectivity index (χ4v) is 2.73. The van der Waals surface area contributed by atoms with Crippen LogP contribution in [0, 0.1) is 0 Å². The fraction of sp³-hybridized carbons (Fsp3) is 0.333. The Bertz CT molecular complexity index is 779. The third-order valence-electron chi connectivity index (χ3n) is 4.18. The van der Waals surface area contributed by atoms with E-state index >= 15 is 0 Å². The van der Waals surface area contributed by atoms with E-state index in [0.717, 1.165) is 5.56 Å².